The second-order valence-corrected chi connectivity index (χ2v) is 3.44. The molecule has 0 bridgehead atoms. The number of hydrogen-bond donors (Lipinski definition) is 4. The first-order valence-electron chi connectivity index (χ1n) is 3.64. The summed E-state index contributed by atoms with van der Waals surface area (Å²) in [6, 6.07) is 4.41. The highest BCUT2D eigenvalue weighted by Gasteiger charge is 2.11. The Labute approximate surface area is 88.6 Å². The summed E-state index contributed by atoms with van der Waals surface area (Å²) in [6.45, 7) is 0. The highest BCUT2D eigenvalue weighted by Crippen LogP contribution is 2.21. The van der Waals surface area contributed by atoms with Crippen molar-refractivity contribution in [3.05, 3.63) is 28.2 Å². The Bertz CT molecular complexity index is 392. The van der Waals surface area contributed by atoms with Crippen molar-refractivity contribution < 1.29 is 9.90 Å². The molecule has 0 radical (unpaired) electrons. The number of nitrogens with one attached hydrogen (secondary N) is 2. The van der Waals surface area contributed by atoms with Crippen molar-refractivity contribution in [2.45, 2.75) is 0 Å². The lowest BCUT2D eigenvalue weighted by molar-refractivity contribution is 0.0974. The van der Waals surface area contributed by atoms with Crippen LogP contribution >= 0.6 is 15.9 Å². The molecule has 0 aliphatic carbocycles. The first-order valence-corrected chi connectivity index (χ1v) is 4.44. The zero-order chi connectivity index (χ0) is 10.7. The summed E-state index contributed by atoms with van der Waals surface area (Å²) in [5.41, 5.74) is 5.04. The first-order chi connectivity index (χ1) is 6.50. The van der Waals surface area contributed by atoms with Crippen LogP contribution in [0.25, 0.3) is 0 Å². The summed E-state index contributed by atoms with van der Waals surface area (Å²) < 4.78 is 0.656. The van der Waals surface area contributed by atoms with E-state index < -0.39 is 11.9 Å². The number of phenols is 1. The molecule has 0 saturated carbocycles. The minimum absolute atomic E-state index is 0.0644. The second kappa shape index (κ2) is 4.10. The van der Waals surface area contributed by atoms with Gasteiger partial charge in [-0.05, 0) is 18.2 Å². The van der Waals surface area contributed by atoms with Crippen molar-refractivity contribution in [1.82, 2.24) is 5.32 Å². The number of halogens is 1. The number of carbonyl (C=O) groups excluding carboxylic acids is 1. The molecule has 1 aromatic rings. The van der Waals surface area contributed by atoms with Crippen LogP contribution in [0.15, 0.2) is 22.7 Å². The lowest BCUT2D eigenvalue weighted by Crippen LogP contribution is -2.35. The quantitative estimate of drug-likeness (QED) is 0.442. The van der Waals surface area contributed by atoms with Gasteiger partial charge in [0.25, 0.3) is 5.91 Å². The number of hydrogen-bond acceptors (Lipinski definition) is 3. The molecule has 5 nitrogen and oxygen atoms in total. The molecule has 0 fully saturated rings. The molecule has 0 aliphatic rings. The molecule has 0 saturated heterocycles. The average molecular weight is 258 g/mol. The van der Waals surface area contributed by atoms with Crippen LogP contribution in [-0.4, -0.2) is 17.0 Å². The third-order valence-corrected chi connectivity index (χ3v) is 1.94. The van der Waals surface area contributed by atoms with Crippen molar-refractivity contribution in [3.63, 3.8) is 0 Å². The Hall–Kier alpha value is -1.56. The second-order valence-electron chi connectivity index (χ2n) is 2.53. The number of carbonyl (C=O) groups is 1. The fraction of sp³-hybridized carbons (Fsp3) is 0. The Balaban J connectivity index is 3.00. The highest BCUT2D eigenvalue weighted by atomic mass is 79.9. The first kappa shape index (κ1) is 10.5. The summed E-state index contributed by atoms with van der Waals surface area (Å²) in [7, 11) is 0. The fourth-order valence-corrected chi connectivity index (χ4v) is 1.24. The number of rotatable bonds is 1. The van der Waals surface area contributed by atoms with E-state index in [2.05, 4.69) is 21.2 Å². The zero-order valence-electron chi connectivity index (χ0n) is 7.04. The number of guanidine groups is 1. The van der Waals surface area contributed by atoms with E-state index in [1.54, 1.807) is 6.07 Å². The van der Waals surface area contributed by atoms with E-state index >= 15 is 0 Å². The molecule has 14 heavy (non-hydrogen) atoms. The van der Waals surface area contributed by atoms with Crippen molar-refractivity contribution in [3.8, 4) is 5.75 Å². The zero-order valence-corrected chi connectivity index (χ0v) is 8.63. The molecule has 5 N–H and O–H groups in total. The van der Waals surface area contributed by atoms with Gasteiger partial charge in [0.15, 0.2) is 5.96 Å². The van der Waals surface area contributed by atoms with Gasteiger partial charge in [-0.2, -0.15) is 0 Å². The summed E-state index contributed by atoms with van der Waals surface area (Å²) >= 11 is 3.15. The average Bonchev–Trinajstić information content (AvgIpc) is 2.08. The smallest absolute Gasteiger partial charge is 0.261 e. The van der Waals surface area contributed by atoms with E-state index in [1.807, 2.05) is 0 Å². The number of nitrogens with two attached hydrogens (primary N) is 1. The Morgan fingerprint density at radius 3 is 2.79 bits per heavy atom. The molecule has 0 unspecified atom stereocenters. The van der Waals surface area contributed by atoms with Crippen LogP contribution in [0.1, 0.15) is 10.4 Å². The number of phenolic OH excluding ortho intramolecular Hbond substituents is 1. The molecule has 1 aromatic carbocycles. The van der Waals surface area contributed by atoms with Crippen LogP contribution in [0.2, 0.25) is 0 Å². The maximum absolute atomic E-state index is 11.3. The van der Waals surface area contributed by atoms with Crippen LogP contribution in [-0.2, 0) is 0 Å². The van der Waals surface area contributed by atoms with Crippen molar-refractivity contribution in [2.75, 3.05) is 0 Å². The van der Waals surface area contributed by atoms with Crippen LogP contribution in [0, 0.1) is 5.41 Å². The lowest BCUT2D eigenvalue weighted by Gasteiger charge is -2.04. The number of amides is 1. The molecule has 1 amide bonds. The predicted molar refractivity (Wildman–Crippen MR) is 55.2 cm³/mol. The highest BCUT2D eigenvalue weighted by molar-refractivity contribution is 9.10. The molecule has 0 aliphatic heterocycles. The Morgan fingerprint density at radius 1 is 1.57 bits per heavy atom. The summed E-state index contributed by atoms with van der Waals surface area (Å²) in [5.74, 6) is -1.24. The third kappa shape index (κ3) is 2.46. The minimum Gasteiger partial charge on any atom is -0.507 e. The molecule has 74 valence electrons. The van der Waals surface area contributed by atoms with E-state index in [9.17, 15) is 9.90 Å². The molecular weight excluding hydrogens is 250 g/mol. The monoisotopic (exact) mass is 257 g/mol. The Morgan fingerprint density at radius 2 is 2.21 bits per heavy atom. The van der Waals surface area contributed by atoms with Gasteiger partial charge in [0, 0.05) is 4.47 Å². The summed E-state index contributed by atoms with van der Waals surface area (Å²) in [4.78, 5) is 11.3. The van der Waals surface area contributed by atoms with E-state index in [-0.39, 0.29) is 11.3 Å². The van der Waals surface area contributed by atoms with Crippen LogP contribution in [0.4, 0.5) is 0 Å². The molecule has 0 spiro atoms. The van der Waals surface area contributed by atoms with Crippen LogP contribution < -0.4 is 11.1 Å². The standard InChI is InChI=1S/C8H8BrN3O2/c9-4-1-2-6(13)5(3-4)7(14)12-8(10)11/h1-3,13H,(H4,10,11,12,14). The van der Waals surface area contributed by atoms with Gasteiger partial charge in [-0.3, -0.25) is 15.5 Å². The molecule has 1 rings (SSSR count). The van der Waals surface area contributed by atoms with Crippen LogP contribution in [0.5, 0.6) is 5.75 Å². The largest absolute Gasteiger partial charge is 0.507 e. The van der Waals surface area contributed by atoms with Crippen molar-refractivity contribution >= 4 is 27.8 Å². The van der Waals surface area contributed by atoms with E-state index in [0.717, 1.165) is 0 Å². The van der Waals surface area contributed by atoms with Gasteiger partial charge >= 0.3 is 0 Å². The number of aromatic hydroxyl groups is 1. The predicted octanol–water partition coefficient (Wildman–Crippen LogP) is 0.778. The van der Waals surface area contributed by atoms with E-state index in [0.29, 0.717) is 4.47 Å². The van der Waals surface area contributed by atoms with Crippen molar-refractivity contribution in [2.24, 2.45) is 5.73 Å². The van der Waals surface area contributed by atoms with Gasteiger partial charge < -0.3 is 10.8 Å². The van der Waals surface area contributed by atoms with Crippen molar-refractivity contribution in [1.29, 1.82) is 5.41 Å². The SMILES string of the molecule is N=C(N)NC(=O)c1cc(Br)ccc1O. The normalized spacial score (nSPS) is 9.50. The minimum atomic E-state index is -0.615. The topological polar surface area (TPSA) is 99.2 Å². The fourth-order valence-electron chi connectivity index (χ4n) is 0.880. The maximum atomic E-state index is 11.3. The molecule has 0 atom stereocenters. The van der Waals surface area contributed by atoms with Gasteiger partial charge in [-0.1, -0.05) is 15.9 Å². The molecular formula is C8H8BrN3O2. The van der Waals surface area contributed by atoms with Crippen LogP contribution in [0.3, 0.4) is 0 Å². The maximum Gasteiger partial charge on any atom is 0.261 e. The van der Waals surface area contributed by atoms with Gasteiger partial charge in [0.2, 0.25) is 0 Å². The van der Waals surface area contributed by atoms with Gasteiger partial charge in [-0.25, -0.2) is 0 Å². The molecule has 6 heteroatoms. The van der Waals surface area contributed by atoms with Gasteiger partial charge in [-0.15, -0.1) is 0 Å². The van der Waals surface area contributed by atoms with E-state index in [4.69, 9.17) is 11.1 Å². The summed E-state index contributed by atoms with van der Waals surface area (Å²) in [6.07, 6.45) is 0. The van der Waals surface area contributed by atoms with E-state index in [1.165, 1.54) is 12.1 Å². The molecule has 0 aromatic heterocycles. The van der Waals surface area contributed by atoms with Gasteiger partial charge in [0.05, 0.1) is 5.56 Å². The summed E-state index contributed by atoms with van der Waals surface area (Å²) in [5, 5.41) is 18.2. The lowest BCUT2D eigenvalue weighted by atomic mass is 10.2. The third-order valence-electron chi connectivity index (χ3n) is 1.45. The molecule has 0 heterocycles. The van der Waals surface area contributed by atoms with Gasteiger partial charge in [0.1, 0.15) is 5.75 Å². The number of benzene rings is 1. The Kier molecular flexibility index (Phi) is 3.08.